The molecule has 8 nitrogen and oxygen atoms in total. The van der Waals surface area contributed by atoms with Crippen molar-refractivity contribution in [2.75, 3.05) is 18.1 Å². The molecule has 0 aromatic carbocycles. The van der Waals surface area contributed by atoms with Gasteiger partial charge >= 0.3 is 5.97 Å². The van der Waals surface area contributed by atoms with Crippen LogP contribution in [0.5, 0.6) is 0 Å². The summed E-state index contributed by atoms with van der Waals surface area (Å²) < 4.78 is 0.695. The molecule has 2 aliphatic rings. The Morgan fingerprint density at radius 1 is 1.58 bits per heavy atom. The first kappa shape index (κ1) is 19.8. The molecule has 0 radical (unpaired) electrons. The number of thiocarbonyl (C=S) groups is 1. The van der Waals surface area contributed by atoms with Crippen molar-refractivity contribution in [1.29, 1.82) is 0 Å². The number of nitrogens with two attached hydrogens (primary N) is 1. The summed E-state index contributed by atoms with van der Waals surface area (Å²) in [5.74, 6) is -0.220. The van der Waals surface area contributed by atoms with Crippen LogP contribution in [-0.2, 0) is 16.1 Å². The predicted octanol–water partition coefficient (Wildman–Crippen LogP) is 0.771. The van der Waals surface area contributed by atoms with Crippen molar-refractivity contribution >= 4 is 63.9 Å². The first-order valence-corrected chi connectivity index (χ1v) is 11.3. The van der Waals surface area contributed by atoms with Crippen LogP contribution in [0, 0.1) is 5.41 Å². The number of nitrogens with zero attached hydrogens (tertiary/aromatic N) is 3. The van der Waals surface area contributed by atoms with Gasteiger partial charge in [-0.05, 0) is 6.42 Å². The molecule has 0 saturated carbocycles. The number of nitrogens with one attached hydrogen (secondary N) is 1. The number of hydrogen-bond acceptors (Lipinski definition) is 9. The third-order valence-corrected chi connectivity index (χ3v) is 8.69. The summed E-state index contributed by atoms with van der Waals surface area (Å²) in [6.45, 7) is 2.45. The average Bonchev–Trinajstić information content (AvgIpc) is 3.11. The number of fused-ring (bicyclic) bond motifs is 1. The van der Waals surface area contributed by atoms with Gasteiger partial charge in [0.1, 0.15) is 21.8 Å². The predicted molar refractivity (Wildman–Crippen MR) is 106 cm³/mol. The third-order valence-electron chi connectivity index (χ3n) is 4.33. The van der Waals surface area contributed by atoms with Crippen molar-refractivity contribution in [2.24, 2.45) is 11.1 Å². The highest BCUT2D eigenvalue weighted by Crippen LogP contribution is 2.44. The standard InChI is InChI=1S/C14H19N5O3S4/c1-2-7(23)16-9-10(20)19-4-14(12(21)22,5-24-11(9)19)6-25-13-18-17-8(3-15)26-13/h9,11H,2-6,15H2,1H3,(H,16,23)(H,21,22)/t9?,11-,14?/m1/s1. The van der Waals surface area contributed by atoms with Crippen LogP contribution in [0.1, 0.15) is 18.4 Å². The minimum atomic E-state index is -1.01. The van der Waals surface area contributed by atoms with Crippen LogP contribution in [-0.4, -0.2) is 66.5 Å². The molecule has 1 aromatic heterocycles. The fourth-order valence-corrected chi connectivity index (χ4v) is 6.52. The molecule has 0 spiro atoms. The number of carbonyl (C=O) groups is 2. The second kappa shape index (κ2) is 7.97. The van der Waals surface area contributed by atoms with Gasteiger partial charge in [-0.2, -0.15) is 0 Å². The minimum absolute atomic E-state index is 0.0603. The molecule has 4 N–H and O–H groups in total. The van der Waals surface area contributed by atoms with Crippen molar-refractivity contribution in [1.82, 2.24) is 20.4 Å². The smallest absolute Gasteiger partial charge is 0.313 e. The summed E-state index contributed by atoms with van der Waals surface area (Å²) >= 11 is 9.38. The van der Waals surface area contributed by atoms with Crippen LogP contribution in [0.3, 0.4) is 0 Å². The second-order valence-corrected chi connectivity index (χ2v) is 9.99. The topological polar surface area (TPSA) is 121 Å². The fraction of sp³-hybridized carbons (Fsp3) is 0.643. The molecule has 1 amide bonds. The van der Waals surface area contributed by atoms with Crippen molar-refractivity contribution < 1.29 is 14.7 Å². The minimum Gasteiger partial charge on any atom is -0.481 e. The van der Waals surface area contributed by atoms with Gasteiger partial charge in [0.15, 0.2) is 4.34 Å². The van der Waals surface area contributed by atoms with E-state index in [1.165, 1.54) is 34.9 Å². The summed E-state index contributed by atoms with van der Waals surface area (Å²) in [5, 5.41) is 21.5. The van der Waals surface area contributed by atoms with Gasteiger partial charge in [-0.25, -0.2) is 0 Å². The number of carboxylic acids is 1. The van der Waals surface area contributed by atoms with Gasteiger partial charge in [0.05, 0.1) is 4.99 Å². The number of rotatable bonds is 7. The number of β-lactam (4-membered cyclic amide) rings is 1. The van der Waals surface area contributed by atoms with Crippen LogP contribution in [0.25, 0.3) is 0 Å². The highest BCUT2D eigenvalue weighted by atomic mass is 32.2. The van der Waals surface area contributed by atoms with Gasteiger partial charge < -0.3 is 21.1 Å². The molecule has 26 heavy (non-hydrogen) atoms. The van der Waals surface area contributed by atoms with Gasteiger partial charge in [0, 0.05) is 24.6 Å². The van der Waals surface area contributed by atoms with Gasteiger partial charge in [-0.1, -0.05) is 42.2 Å². The normalized spacial score (nSPS) is 27.6. The zero-order chi connectivity index (χ0) is 18.9. The molecule has 1 aromatic rings. The van der Waals surface area contributed by atoms with E-state index in [1.54, 1.807) is 4.90 Å². The van der Waals surface area contributed by atoms with E-state index in [9.17, 15) is 14.7 Å². The fourth-order valence-electron chi connectivity index (χ4n) is 2.76. The van der Waals surface area contributed by atoms with Gasteiger partial charge in [0.25, 0.3) is 0 Å². The Hall–Kier alpha value is -0.950. The molecule has 12 heteroatoms. The highest BCUT2D eigenvalue weighted by molar-refractivity contribution is 8.01. The van der Waals surface area contributed by atoms with Crippen LogP contribution in [0.4, 0.5) is 0 Å². The molecule has 0 bridgehead atoms. The van der Waals surface area contributed by atoms with Gasteiger partial charge in [-0.15, -0.1) is 22.0 Å². The van der Waals surface area contributed by atoms with Crippen LogP contribution in [0.2, 0.25) is 0 Å². The Labute approximate surface area is 168 Å². The number of amides is 1. The van der Waals surface area contributed by atoms with E-state index >= 15 is 0 Å². The number of aromatic nitrogens is 2. The molecular formula is C14H19N5O3S4. The van der Waals surface area contributed by atoms with Gasteiger partial charge in [-0.3, -0.25) is 9.59 Å². The van der Waals surface area contributed by atoms with E-state index in [0.717, 1.165) is 0 Å². The zero-order valence-corrected chi connectivity index (χ0v) is 17.3. The molecule has 3 rings (SSSR count). The lowest BCUT2D eigenvalue weighted by Gasteiger charge is -2.54. The molecular weight excluding hydrogens is 414 g/mol. The van der Waals surface area contributed by atoms with E-state index in [-0.39, 0.29) is 23.9 Å². The average molecular weight is 434 g/mol. The third kappa shape index (κ3) is 3.70. The molecule has 0 aliphatic carbocycles. The van der Waals surface area contributed by atoms with E-state index < -0.39 is 11.4 Å². The number of carboxylic acid groups (broad SMARTS) is 1. The maximum atomic E-state index is 12.4. The maximum Gasteiger partial charge on any atom is 0.313 e. The lowest BCUT2D eigenvalue weighted by atomic mass is 9.89. The Morgan fingerprint density at radius 3 is 2.96 bits per heavy atom. The summed E-state index contributed by atoms with van der Waals surface area (Å²) in [6.07, 6.45) is 0.679. The molecule has 2 unspecified atom stereocenters. The SMILES string of the molecule is CCC(=S)NC1C(=O)N2CC(CSc3nnc(CN)s3)(C(=O)O)CS[C@H]12. The molecule has 2 saturated heterocycles. The van der Waals surface area contributed by atoms with E-state index in [4.69, 9.17) is 18.0 Å². The largest absolute Gasteiger partial charge is 0.481 e. The van der Waals surface area contributed by atoms with Crippen molar-refractivity contribution in [3.05, 3.63) is 5.01 Å². The molecule has 3 atom stereocenters. The Bertz CT molecular complexity index is 729. The Balaban J connectivity index is 1.66. The molecule has 3 heterocycles. The van der Waals surface area contributed by atoms with Crippen molar-refractivity contribution in [3.63, 3.8) is 0 Å². The summed E-state index contributed by atoms with van der Waals surface area (Å²) in [7, 11) is 0. The first-order chi connectivity index (χ1) is 12.4. The van der Waals surface area contributed by atoms with Crippen molar-refractivity contribution in [3.8, 4) is 0 Å². The van der Waals surface area contributed by atoms with Gasteiger partial charge in [0.2, 0.25) is 5.91 Å². The summed E-state index contributed by atoms with van der Waals surface area (Å²) in [5.41, 5.74) is 4.52. The van der Waals surface area contributed by atoms with E-state index in [2.05, 4.69) is 15.5 Å². The summed E-state index contributed by atoms with van der Waals surface area (Å²) in [6, 6.07) is -0.345. The number of carbonyl (C=O) groups excluding carboxylic acids is 1. The number of hydrogen-bond donors (Lipinski definition) is 3. The van der Waals surface area contributed by atoms with Crippen LogP contribution >= 0.6 is 47.1 Å². The molecule has 2 aliphatic heterocycles. The van der Waals surface area contributed by atoms with Crippen LogP contribution in [0.15, 0.2) is 4.34 Å². The second-order valence-electron chi connectivity index (χ2n) is 6.11. The first-order valence-electron chi connectivity index (χ1n) is 8.00. The Kier molecular flexibility index (Phi) is 6.07. The quantitative estimate of drug-likeness (QED) is 0.323. The van der Waals surface area contributed by atoms with Crippen LogP contribution < -0.4 is 11.1 Å². The van der Waals surface area contributed by atoms with E-state index in [0.29, 0.717) is 38.8 Å². The highest BCUT2D eigenvalue weighted by Gasteiger charge is 2.57. The van der Waals surface area contributed by atoms with E-state index in [1.807, 2.05) is 6.92 Å². The lowest BCUT2D eigenvalue weighted by Crippen LogP contribution is -2.73. The Morgan fingerprint density at radius 2 is 2.35 bits per heavy atom. The molecule has 2 fully saturated rings. The van der Waals surface area contributed by atoms with Crippen molar-refractivity contribution in [2.45, 2.75) is 35.6 Å². The number of aliphatic carboxylic acids is 1. The summed E-state index contributed by atoms with van der Waals surface area (Å²) in [4.78, 5) is 26.7. The monoisotopic (exact) mass is 433 g/mol. The number of thioether (sulfide) groups is 2. The molecule has 142 valence electrons. The zero-order valence-electron chi connectivity index (χ0n) is 14.0. The maximum absolute atomic E-state index is 12.4. The lowest BCUT2D eigenvalue weighted by molar-refractivity contribution is -0.155.